The summed E-state index contributed by atoms with van der Waals surface area (Å²) in [4.78, 5) is 1.20. The number of hydrogen-bond donors (Lipinski definition) is 2. The molecule has 0 amide bonds. The van der Waals surface area contributed by atoms with Gasteiger partial charge in [-0.1, -0.05) is 11.6 Å². The van der Waals surface area contributed by atoms with Crippen molar-refractivity contribution >= 4 is 23.4 Å². The zero-order valence-corrected chi connectivity index (χ0v) is 11.5. The Morgan fingerprint density at radius 1 is 1.41 bits per heavy atom. The van der Waals surface area contributed by atoms with Crippen molar-refractivity contribution in [2.75, 3.05) is 19.4 Å². The van der Waals surface area contributed by atoms with Gasteiger partial charge in [-0.2, -0.15) is 0 Å². The first-order valence-corrected chi connectivity index (χ1v) is 7.25. The van der Waals surface area contributed by atoms with E-state index in [1.165, 1.54) is 17.7 Å². The molecular weight excluding hydrogens is 254 g/mol. The van der Waals surface area contributed by atoms with E-state index in [1.54, 1.807) is 11.8 Å². The van der Waals surface area contributed by atoms with Gasteiger partial charge in [0.05, 0.1) is 12.1 Å². The summed E-state index contributed by atoms with van der Waals surface area (Å²) in [6.45, 7) is 0.203. The van der Waals surface area contributed by atoms with Crippen molar-refractivity contribution in [3.05, 3.63) is 29.3 Å². The van der Waals surface area contributed by atoms with Crippen molar-refractivity contribution in [3.63, 3.8) is 0 Å². The number of thioether (sulfide) groups is 1. The van der Waals surface area contributed by atoms with Crippen molar-refractivity contribution in [1.82, 2.24) is 5.32 Å². The van der Waals surface area contributed by atoms with E-state index in [0.717, 1.165) is 10.8 Å². The third kappa shape index (κ3) is 3.16. The van der Waals surface area contributed by atoms with Crippen LogP contribution in [0.25, 0.3) is 0 Å². The van der Waals surface area contributed by atoms with Crippen LogP contribution in [-0.2, 0) is 0 Å². The number of aliphatic hydroxyl groups excluding tert-OH is 1. The van der Waals surface area contributed by atoms with Gasteiger partial charge in [-0.05, 0) is 50.1 Å². The van der Waals surface area contributed by atoms with Crippen molar-refractivity contribution in [1.29, 1.82) is 0 Å². The van der Waals surface area contributed by atoms with E-state index in [-0.39, 0.29) is 12.1 Å². The van der Waals surface area contributed by atoms with Gasteiger partial charge in [-0.15, -0.1) is 11.8 Å². The normalized spacial score (nSPS) is 19.0. The summed E-state index contributed by atoms with van der Waals surface area (Å²) in [5, 5.41) is 13.7. The predicted octanol–water partition coefficient (Wildman–Crippen LogP) is 2.79. The van der Waals surface area contributed by atoms with Crippen molar-refractivity contribution in [2.24, 2.45) is 5.92 Å². The van der Waals surface area contributed by atoms with Gasteiger partial charge in [0.15, 0.2) is 0 Å². The lowest BCUT2D eigenvalue weighted by Crippen LogP contribution is -2.51. The van der Waals surface area contributed by atoms with Gasteiger partial charge in [0, 0.05) is 15.7 Å². The maximum atomic E-state index is 9.61. The van der Waals surface area contributed by atoms with Crippen LogP contribution < -0.4 is 5.32 Å². The molecule has 0 aliphatic heterocycles. The lowest BCUT2D eigenvalue weighted by atomic mass is 9.97. The number of halogens is 1. The highest BCUT2D eigenvalue weighted by Gasteiger charge is 2.43. The fraction of sp³-hybridized carbons (Fsp3) is 0.538. The third-order valence-electron chi connectivity index (χ3n) is 3.45. The molecular formula is C13H18ClNOS. The molecule has 0 bridgehead atoms. The van der Waals surface area contributed by atoms with Crippen LogP contribution in [0.2, 0.25) is 5.02 Å². The largest absolute Gasteiger partial charge is 0.394 e. The lowest BCUT2D eigenvalue weighted by molar-refractivity contribution is 0.167. The van der Waals surface area contributed by atoms with Crippen LogP contribution in [-0.4, -0.2) is 30.1 Å². The van der Waals surface area contributed by atoms with Gasteiger partial charge in [0.1, 0.15) is 0 Å². The molecule has 0 radical (unpaired) electrons. The maximum absolute atomic E-state index is 9.61. The van der Waals surface area contributed by atoms with Crippen LogP contribution in [0.5, 0.6) is 0 Å². The topological polar surface area (TPSA) is 32.3 Å². The third-order valence-corrected chi connectivity index (χ3v) is 4.97. The molecule has 2 rings (SSSR count). The zero-order chi connectivity index (χ0) is 12.3. The van der Waals surface area contributed by atoms with Crippen LogP contribution in [0.15, 0.2) is 29.2 Å². The molecule has 1 aliphatic rings. The van der Waals surface area contributed by atoms with Crippen LogP contribution >= 0.6 is 23.4 Å². The second-order valence-corrected chi connectivity index (χ2v) is 6.07. The summed E-state index contributed by atoms with van der Waals surface area (Å²) in [6.07, 6.45) is 2.45. The predicted molar refractivity (Wildman–Crippen MR) is 73.8 cm³/mol. The average Bonchev–Trinajstić information content (AvgIpc) is 3.18. The van der Waals surface area contributed by atoms with Crippen molar-refractivity contribution in [2.45, 2.75) is 23.3 Å². The van der Waals surface area contributed by atoms with E-state index in [0.29, 0.717) is 5.92 Å². The highest BCUT2D eigenvalue weighted by atomic mass is 35.5. The minimum Gasteiger partial charge on any atom is -0.394 e. The van der Waals surface area contributed by atoms with Crippen LogP contribution in [0.1, 0.15) is 12.8 Å². The maximum Gasteiger partial charge on any atom is 0.0624 e. The minimum atomic E-state index is -0.121. The van der Waals surface area contributed by atoms with Gasteiger partial charge >= 0.3 is 0 Å². The first kappa shape index (κ1) is 13.2. The molecule has 0 aromatic heterocycles. The van der Waals surface area contributed by atoms with Gasteiger partial charge in [0.2, 0.25) is 0 Å². The Morgan fingerprint density at radius 2 is 2.06 bits per heavy atom. The van der Waals surface area contributed by atoms with Gasteiger partial charge in [0.25, 0.3) is 0 Å². The van der Waals surface area contributed by atoms with E-state index in [2.05, 4.69) is 5.32 Å². The number of likely N-dealkylation sites (N-methyl/N-ethyl adjacent to an activating group) is 1. The van der Waals surface area contributed by atoms with Gasteiger partial charge < -0.3 is 10.4 Å². The molecule has 17 heavy (non-hydrogen) atoms. The van der Waals surface area contributed by atoms with E-state index in [4.69, 9.17) is 11.6 Å². The first-order chi connectivity index (χ1) is 8.20. The molecule has 0 saturated heterocycles. The molecule has 1 saturated carbocycles. The highest BCUT2D eigenvalue weighted by molar-refractivity contribution is 7.99. The Bertz CT molecular complexity index is 360. The molecule has 4 heteroatoms. The Labute approximate surface area is 112 Å². The fourth-order valence-corrected chi connectivity index (χ4v) is 3.38. The molecule has 1 unspecified atom stereocenters. The molecule has 94 valence electrons. The number of hydrogen-bond acceptors (Lipinski definition) is 3. The van der Waals surface area contributed by atoms with Crippen LogP contribution in [0.3, 0.4) is 0 Å². The molecule has 1 aromatic carbocycles. The molecule has 2 nitrogen and oxygen atoms in total. The summed E-state index contributed by atoms with van der Waals surface area (Å²) in [6, 6.07) is 7.86. The molecule has 1 aromatic rings. The Morgan fingerprint density at radius 3 is 2.53 bits per heavy atom. The van der Waals surface area contributed by atoms with Crippen LogP contribution in [0, 0.1) is 5.92 Å². The molecule has 1 atom stereocenters. The Hall–Kier alpha value is -0.220. The van der Waals surface area contributed by atoms with E-state index in [1.807, 2.05) is 31.3 Å². The molecule has 2 N–H and O–H groups in total. The minimum absolute atomic E-state index is 0.121. The average molecular weight is 272 g/mol. The number of rotatable bonds is 6. The van der Waals surface area contributed by atoms with E-state index in [9.17, 15) is 5.11 Å². The Kier molecular flexibility index (Phi) is 4.36. The summed E-state index contributed by atoms with van der Waals surface area (Å²) >= 11 is 7.63. The second kappa shape index (κ2) is 5.61. The molecule has 0 spiro atoms. The van der Waals surface area contributed by atoms with E-state index >= 15 is 0 Å². The van der Waals surface area contributed by atoms with E-state index < -0.39 is 0 Å². The molecule has 0 heterocycles. The van der Waals surface area contributed by atoms with Gasteiger partial charge in [-0.25, -0.2) is 0 Å². The number of benzene rings is 1. The molecule has 1 fully saturated rings. The molecule has 1 aliphatic carbocycles. The fourth-order valence-electron chi connectivity index (χ4n) is 2.03. The number of nitrogens with one attached hydrogen (secondary N) is 1. The van der Waals surface area contributed by atoms with Gasteiger partial charge in [-0.3, -0.25) is 0 Å². The Balaban J connectivity index is 1.97. The summed E-state index contributed by atoms with van der Waals surface area (Å²) in [5.41, 5.74) is -0.121. The summed E-state index contributed by atoms with van der Waals surface area (Å²) in [7, 11) is 1.94. The van der Waals surface area contributed by atoms with Crippen molar-refractivity contribution in [3.8, 4) is 0 Å². The monoisotopic (exact) mass is 271 g/mol. The zero-order valence-electron chi connectivity index (χ0n) is 9.95. The summed E-state index contributed by atoms with van der Waals surface area (Å²) in [5.74, 6) is 1.52. The van der Waals surface area contributed by atoms with Crippen molar-refractivity contribution < 1.29 is 5.11 Å². The highest BCUT2D eigenvalue weighted by Crippen LogP contribution is 2.42. The quantitative estimate of drug-likeness (QED) is 0.781. The number of aliphatic hydroxyl groups is 1. The van der Waals surface area contributed by atoms with Crippen LogP contribution in [0.4, 0.5) is 0 Å². The standard InChI is InChI=1S/C13H18ClNOS/c1-15-13(8-16,10-2-3-10)9-17-12-6-4-11(14)5-7-12/h4-7,10,15-16H,2-3,8-9H2,1H3. The SMILES string of the molecule is CNC(CO)(CSc1ccc(Cl)cc1)C1CC1. The smallest absolute Gasteiger partial charge is 0.0624 e. The lowest BCUT2D eigenvalue weighted by Gasteiger charge is -2.31. The summed E-state index contributed by atoms with van der Waals surface area (Å²) < 4.78 is 0. The second-order valence-electron chi connectivity index (χ2n) is 4.58. The first-order valence-electron chi connectivity index (χ1n) is 5.88.